The number of carbonyl (C=O) groups is 2. The molecule has 2 aliphatic heterocycles. The molecule has 2 atom stereocenters. The topological polar surface area (TPSA) is 75.9 Å². The van der Waals surface area contributed by atoms with Crippen LogP contribution in [0.3, 0.4) is 0 Å². The van der Waals surface area contributed by atoms with Crippen LogP contribution in [-0.2, 0) is 9.53 Å². The van der Waals surface area contributed by atoms with Gasteiger partial charge in [0.25, 0.3) is 11.8 Å². The van der Waals surface area contributed by atoms with Crippen LogP contribution in [0.25, 0.3) is 0 Å². The predicted octanol–water partition coefficient (Wildman–Crippen LogP) is 1.43. The predicted molar refractivity (Wildman–Crippen MR) is 97.7 cm³/mol. The molecule has 1 aromatic rings. The molecule has 26 heavy (non-hydrogen) atoms. The number of hydrogen-bond donors (Lipinski definition) is 1. The molecule has 0 bridgehead atoms. The third-order valence-corrected chi connectivity index (χ3v) is 4.83. The number of nitrogens with zero attached hydrogens (tertiary/aromatic N) is 2. The van der Waals surface area contributed by atoms with Crippen LogP contribution in [0.2, 0.25) is 0 Å². The van der Waals surface area contributed by atoms with Gasteiger partial charge in [-0.05, 0) is 43.5 Å². The summed E-state index contributed by atoms with van der Waals surface area (Å²) >= 11 is 0. The van der Waals surface area contributed by atoms with E-state index >= 15 is 0 Å². The van der Waals surface area contributed by atoms with Crippen molar-refractivity contribution in [3.63, 3.8) is 0 Å². The highest BCUT2D eigenvalue weighted by Gasteiger charge is 2.33. The van der Waals surface area contributed by atoms with Gasteiger partial charge in [0.2, 0.25) is 0 Å². The SMILES string of the molecule is Cl.NC[C@H]1CC[C@@H](C(=O)N2CCCN(C(=O)c3ccc(F)cc3)CC2)O1. The van der Waals surface area contributed by atoms with Gasteiger partial charge < -0.3 is 20.3 Å². The maximum Gasteiger partial charge on any atom is 0.253 e. The summed E-state index contributed by atoms with van der Waals surface area (Å²) in [4.78, 5) is 28.7. The highest BCUT2D eigenvalue weighted by Crippen LogP contribution is 2.21. The number of rotatable bonds is 3. The first-order chi connectivity index (χ1) is 12.1. The molecule has 144 valence electrons. The van der Waals surface area contributed by atoms with E-state index in [0.29, 0.717) is 51.1 Å². The number of nitrogens with two attached hydrogens (primary N) is 1. The minimum absolute atomic E-state index is 0. The maximum absolute atomic E-state index is 13.0. The molecule has 0 spiro atoms. The highest BCUT2D eigenvalue weighted by atomic mass is 35.5. The first kappa shape index (κ1) is 20.6. The maximum atomic E-state index is 13.0. The number of halogens is 2. The minimum Gasteiger partial charge on any atom is -0.364 e. The van der Waals surface area contributed by atoms with Crippen LogP contribution in [0.15, 0.2) is 24.3 Å². The van der Waals surface area contributed by atoms with Gasteiger partial charge in [-0.25, -0.2) is 4.39 Å². The zero-order chi connectivity index (χ0) is 17.8. The second-order valence-electron chi connectivity index (χ2n) is 6.54. The van der Waals surface area contributed by atoms with Crippen molar-refractivity contribution in [2.75, 3.05) is 32.7 Å². The van der Waals surface area contributed by atoms with Crippen LogP contribution >= 0.6 is 12.4 Å². The molecule has 0 aromatic heterocycles. The molecule has 2 N–H and O–H groups in total. The largest absolute Gasteiger partial charge is 0.364 e. The molecule has 2 saturated heterocycles. The Bertz CT molecular complexity index is 629. The monoisotopic (exact) mass is 385 g/mol. The summed E-state index contributed by atoms with van der Waals surface area (Å²) in [6, 6.07) is 5.55. The lowest BCUT2D eigenvalue weighted by Crippen LogP contribution is -2.42. The Morgan fingerprint density at radius 2 is 1.73 bits per heavy atom. The molecule has 2 aliphatic rings. The minimum atomic E-state index is -0.409. The summed E-state index contributed by atoms with van der Waals surface area (Å²) in [7, 11) is 0. The van der Waals surface area contributed by atoms with Crippen LogP contribution in [0.1, 0.15) is 29.6 Å². The summed E-state index contributed by atoms with van der Waals surface area (Å²) in [6.45, 7) is 2.58. The Kier molecular flexibility index (Phi) is 7.37. The number of ether oxygens (including phenoxy) is 1. The van der Waals surface area contributed by atoms with E-state index in [-0.39, 0.29) is 36.1 Å². The molecule has 6 nitrogen and oxygen atoms in total. The van der Waals surface area contributed by atoms with Crippen LogP contribution in [0, 0.1) is 5.82 Å². The lowest BCUT2D eigenvalue weighted by molar-refractivity contribution is -0.142. The Labute approximate surface area is 158 Å². The second kappa shape index (κ2) is 9.30. The van der Waals surface area contributed by atoms with Crippen molar-refractivity contribution in [1.82, 2.24) is 9.80 Å². The molecule has 3 rings (SSSR count). The summed E-state index contributed by atoms with van der Waals surface area (Å²) in [5.74, 6) is -0.502. The summed E-state index contributed by atoms with van der Waals surface area (Å²) < 4.78 is 18.7. The zero-order valence-electron chi connectivity index (χ0n) is 14.6. The fourth-order valence-electron chi connectivity index (χ4n) is 3.38. The fourth-order valence-corrected chi connectivity index (χ4v) is 3.38. The van der Waals surface area contributed by atoms with Gasteiger partial charge in [-0.1, -0.05) is 0 Å². The number of amides is 2. The smallest absolute Gasteiger partial charge is 0.253 e. The van der Waals surface area contributed by atoms with Gasteiger partial charge in [0.15, 0.2) is 0 Å². The third kappa shape index (κ3) is 4.72. The molecular weight excluding hydrogens is 361 g/mol. The molecule has 0 unspecified atom stereocenters. The molecule has 2 amide bonds. The standard InChI is InChI=1S/C18H24FN3O3.ClH/c19-14-4-2-13(3-5-14)17(23)21-8-1-9-22(11-10-21)18(24)16-7-6-15(12-20)25-16;/h2-5,15-16H,1,6-12,20H2;1H/t15-,16+;/m1./s1. The number of benzene rings is 1. The molecular formula is C18H25ClFN3O3. The van der Waals surface area contributed by atoms with Crippen LogP contribution in [0.5, 0.6) is 0 Å². The first-order valence-electron chi connectivity index (χ1n) is 8.77. The Hall–Kier alpha value is -1.70. The number of carbonyl (C=O) groups excluding carboxylic acids is 2. The first-order valence-corrected chi connectivity index (χ1v) is 8.77. The molecule has 2 heterocycles. The van der Waals surface area contributed by atoms with Crippen molar-refractivity contribution < 1.29 is 18.7 Å². The van der Waals surface area contributed by atoms with Gasteiger partial charge in [0, 0.05) is 38.3 Å². The molecule has 0 saturated carbocycles. The van der Waals surface area contributed by atoms with Crippen molar-refractivity contribution in [3.05, 3.63) is 35.6 Å². The summed E-state index contributed by atoms with van der Waals surface area (Å²) in [5.41, 5.74) is 6.06. The summed E-state index contributed by atoms with van der Waals surface area (Å²) in [6.07, 6.45) is 1.79. The van der Waals surface area contributed by atoms with Crippen molar-refractivity contribution >= 4 is 24.2 Å². The Morgan fingerprint density at radius 1 is 1.08 bits per heavy atom. The van der Waals surface area contributed by atoms with E-state index in [1.54, 1.807) is 9.80 Å². The average molecular weight is 386 g/mol. The van der Waals surface area contributed by atoms with Gasteiger partial charge in [0.1, 0.15) is 11.9 Å². The normalized spacial score (nSPS) is 23.3. The second-order valence-corrected chi connectivity index (χ2v) is 6.54. The molecule has 2 fully saturated rings. The molecule has 1 aromatic carbocycles. The van der Waals surface area contributed by atoms with Crippen LogP contribution in [0.4, 0.5) is 4.39 Å². The average Bonchev–Trinajstić information content (AvgIpc) is 2.98. The molecule has 8 heteroatoms. The number of hydrogen-bond acceptors (Lipinski definition) is 4. The fraction of sp³-hybridized carbons (Fsp3) is 0.556. The van der Waals surface area contributed by atoms with Gasteiger partial charge in [-0.2, -0.15) is 0 Å². The Morgan fingerprint density at radius 3 is 2.38 bits per heavy atom. The third-order valence-electron chi connectivity index (χ3n) is 4.83. The van der Waals surface area contributed by atoms with E-state index in [1.165, 1.54) is 24.3 Å². The van der Waals surface area contributed by atoms with E-state index in [1.807, 2.05) is 0 Å². The lowest BCUT2D eigenvalue weighted by atomic mass is 10.2. The van der Waals surface area contributed by atoms with Crippen LogP contribution in [-0.4, -0.2) is 66.5 Å². The Balaban J connectivity index is 0.00000243. The molecule has 0 radical (unpaired) electrons. The summed E-state index contributed by atoms with van der Waals surface area (Å²) in [5, 5.41) is 0. The highest BCUT2D eigenvalue weighted by molar-refractivity contribution is 5.94. The van der Waals surface area contributed by atoms with Crippen molar-refractivity contribution in [3.8, 4) is 0 Å². The molecule has 0 aliphatic carbocycles. The van der Waals surface area contributed by atoms with Crippen molar-refractivity contribution in [2.24, 2.45) is 5.73 Å². The van der Waals surface area contributed by atoms with E-state index in [2.05, 4.69) is 0 Å². The lowest BCUT2D eigenvalue weighted by Gasteiger charge is -2.24. The van der Waals surface area contributed by atoms with Gasteiger partial charge in [-0.15, -0.1) is 12.4 Å². The van der Waals surface area contributed by atoms with E-state index in [4.69, 9.17) is 10.5 Å². The van der Waals surface area contributed by atoms with Gasteiger partial charge in [0.05, 0.1) is 6.10 Å². The van der Waals surface area contributed by atoms with E-state index in [9.17, 15) is 14.0 Å². The quantitative estimate of drug-likeness (QED) is 0.854. The van der Waals surface area contributed by atoms with Crippen molar-refractivity contribution in [1.29, 1.82) is 0 Å². The van der Waals surface area contributed by atoms with E-state index in [0.717, 1.165) is 6.42 Å². The van der Waals surface area contributed by atoms with Crippen LogP contribution < -0.4 is 5.73 Å². The van der Waals surface area contributed by atoms with E-state index < -0.39 is 6.10 Å². The van der Waals surface area contributed by atoms with Gasteiger partial charge in [-0.3, -0.25) is 9.59 Å². The van der Waals surface area contributed by atoms with Crippen molar-refractivity contribution in [2.45, 2.75) is 31.5 Å². The zero-order valence-corrected chi connectivity index (χ0v) is 15.4. The van der Waals surface area contributed by atoms with Gasteiger partial charge >= 0.3 is 0 Å².